The Kier molecular flexibility index (Phi) is 4.87. The van der Waals surface area contributed by atoms with E-state index in [2.05, 4.69) is 70.1 Å². The molecule has 0 bridgehead atoms. The molecule has 2 aromatic carbocycles. The van der Waals surface area contributed by atoms with Crippen molar-refractivity contribution in [3.05, 3.63) is 65.7 Å². The molecule has 0 aliphatic carbocycles. The fourth-order valence-corrected chi connectivity index (χ4v) is 2.67. The average molecular weight is 280 g/mol. The first-order chi connectivity index (χ1) is 10.4. The number of nitrogens with zero attached hydrogens (tertiary/aromatic N) is 2. The van der Waals surface area contributed by atoms with Gasteiger partial charge in [0.15, 0.2) is 0 Å². The summed E-state index contributed by atoms with van der Waals surface area (Å²) < 4.78 is 0. The second kappa shape index (κ2) is 7.25. The zero-order valence-electron chi connectivity index (χ0n) is 12.3. The lowest BCUT2D eigenvalue weighted by Gasteiger charge is -2.27. The van der Waals surface area contributed by atoms with Crippen LogP contribution in [0, 0.1) is 0 Å². The molecule has 1 saturated heterocycles. The van der Waals surface area contributed by atoms with E-state index in [-0.39, 0.29) is 0 Å². The molecule has 0 aromatic heterocycles. The van der Waals surface area contributed by atoms with Crippen LogP contribution < -0.4 is 10.6 Å². The number of nitrogens with one attached hydrogen (secondary N) is 1. The molecule has 0 unspecified atom stereocenters. The lowest BCUT2D eigenvalue weighted by atomic mass is 10.1. The van der Waals surface area contributed by atoms with Crippen LogP contribution in [0.1, 0.15) is 11.1 Å². The Morgan fingerprint density at radius 3 is 2.43 bits per heavy atom. The summed E-state index contributed by atoms with van der Waals surface area (Å²) in [5.74, 6) is 0. The summed E-state index contributed by atoms with van der Waals surface area (Å²) in [6.45, 7) is 5.97. The number of benzene rings is 2. The van der Waals surface area contributed by atoms with E-state index in [9.17, 15) is 0 Å². The lowest BCUT2D eigenvalue weighted by molar-refractivity contribution is 0.231. The molecule has 3 heteroatoms. The van der Waals surface area contributed by atoms with Gasteiger partial charge in [-0.05, 0) is 17.2 Å². The highest BCUT2D eigenvalue weighted by Crippen LogP contribution is 2.18. The molecule has 3 rings (SSSR count). The minimum Gasteiger partial charge on any atom is -0.381 e. The Hall–Kier alpha value is -1.84. The summed E-state index contributed by atoms with van der Waals surface area (Å²) in [5, 5.41) is 7.98. The van der Waals surface area contributed by atoms with Gasteiger partial charge in [0.25, 0.3) is 0 Å². The molecule has 0 saturated carbocycles. The number of hydrogen-bond acceptors (Lipinski definition) is 2. The van der Waals surface area contributed by atoms with Gasteiger partial charge in [-0.2, -0.15) is 0 Å². The van der Waals surface area contributed by atoms with E-state index in [1.165, 1.54) is 16.8 Å². The van der Waals surface area contributed by atoms with Gasteiger partial charge in [-0.1, -0.05) is 48.5 Å². The minimum atomic E-state index is 0.868. The van der Waals surface area contributed by atoms with Crippen LogP contribution in [0.3, 0.4) is 0 Å². The van der Waals surface area contributed by atoms with Gasteiger partial charge in [0.2, 0.25) is 0 Å². The Morgan fingerprint density at radius 2 is 1.62 bits per heavy atom. The SMILES string of the molecule is c1ccc(CNc2ccccc2CN2CC[N]CC2)cc1. The summed E-state index contributed by atoms with van der Waals surface area (Å²) in [7, 11) is 0. The Labute approximate surface area is 127 Å². The van der Waals surface area contributed by atoms with Crippen LogP contribution in [0.2, 0.25) is 0 Å². The van der Waals surface area contributed by atoms with Gasteiger partial charge in [0.05, 0.1) is 0 Å². The molecule has 3 nitrogen and oxygen atoms in total. The normalized spacial score (nSPS) is 15.8. The summed E-state index contributed by atoms with van der Waals surface area (Å²) in [6.07, 6.45) is 0. The fourth-order valence-electron chi connectivity index (χ4n) is 2.67. The van der Waals surface area contributed by atoms with Crippen molar-refractivity contribution in [2.75, 3.05) is 31.5 Å². The third-order valence-corrected chi connectivity index (χ3v) is 3.89. The third kappa shape index (κ3) is 4.06. The largest absolute Gasteiger partial charge is 0.381 e. The molecule has 21 heavy (non-hydrogen) atoms. The number of rotatable bonds is 5. The molecule has 0 spiro atoms. The van der Waals surface area contributed by atoms with Gasteiger partial charge in [-0.3, -0.25) is 4.90 Å². The van der Waals surface area contributed by atoms with Crippen molar-refractivity contribution in [1.82, 2.24) is 10.2 Å². The monoisotopic (exact) mass is 280 g/mol. The van der Waals surface area contributed by atoms with Crippen molar-refractivity contribution < 1.29 is 0 Å². The molecule has 1 heterocycles. The van der Waals surface area contributed by atoms with Crippen LogP contribution in [0.15, 0.2) is 54.6 Å². The summed E-state index contributed by atoms with van der Waals surface area (Å²) >= 11 is 0. The zero-order valence-corrected chi connectivity index (χ0v) is 12.3. The average Bonchev–Trinajstić information content (AvgIpc) is 2.56. The maximum absolute atomic E-state index is 4.41. The van der Waals surface area contributed by atoms with Crippen molar-refractivity contribution in [1.29, 1.82) is 0 Å². The van der Waals surface area contributed by atoms with Gasteiger partial charge >= 0.3 is 0 Å². The quantitative estimate of drug-likeness (QED) is 0.912. The van der Waals surface area contributed by atoms with Crippen molar-refractivity contribution >= 4 is 5.69 Å². The molecule has 109 valence electrons. The molecule has 1 N–H and O–H groups in total. The van der Waals surface area contributed by atoms with Gasteiger partial charge in [-0.15, -0.1) is 0 Å². The van der Waals surface area contributed by atoms with E-state index < -0.39 is 0 Å². The zero-order chi connectivity index (χ0) is 14.3. The number of anilines is 1. The van der Waals surface area contributed by atoms with Crippen LogP contribution in [0.25, 0.3) is 0 Å². The summed E-state index contributed by atoms with van der Waals surface area (Å²) in [4.78, 5) is 2.48. The topological polar surface area (TPSA) is 29.4 Å². The van der Waals surface area contributed by atoms with E-state index in [0.29, 0.717) is 0 Å². The predicted molar refractivity (Wildman–Crippen MR) is 87.4 cm³/mol. The molecule has 0 amide bonds. The van der Waals surface area contributed by atoms with Crippen LogP contribution in [-0.2, 0) is 13.1 Å². The van der Waals surface area contributed by atoms with Crippen molar-refractivity contribution in [2.45, 2.75) is 13.1 Å². The highest BCUT2D eigenvalue weighted by molar-refractivity contribution is 5.51. The molecule has 1 radical (unpaired) electrons. The predicted octanol–water partition coefficient (Wildman–Crippen LogP) is 2.72. The molecule has 1 fully saturated rings. The molecule has 2 aromatic rings. The second-order valence-corrected chi connectivity index (χ2v) is 5.44. The summed E-state index contributed by atoms with van der Waals surface area (Å²) in [6, 6.07) is 19.1. The van der Waals surface area contributed by atoms with E-state index >= 15 is 0 Å². The Morgan fingerprint density at radius 1 is 0.905 bits per heavy atom. The molecule has 1 aliphatic rings. The highest BCUT2D eigenvalue weighted by Gasteiger charge is 2.12. The Balaban J connectivity index is 1.64. The van der Waals surface area contributed by atoms with Crippen LogP contribution in [0.4, 0.5) is 5.69 Å². The second-order valence-electron chi connectivity index (χ2n) is 5.44. The van der Waals surface area contributed by atoms with Gasteiger partial charge in [0, 0.05) is 45.0 Å². The number of piperazine rings is 1. The van der Waals surface area contributed by atoms with Crippen LogP contribution >= 0.6 is 0 Å². The highest BCUT2D eigenvalue weighted by atomic mass is 15.2. The van der Waals surface area contributed by atoms with Gasteiger partial charge in [-0.25, -0.2) is 5.32 Å². The lowest BCUT2D eigenvalue weighted by Crippen LogP contribution is -2.39. The summed E-state index contributed by atoms with van der Waals surface area (Å²) in [5.41, 5.74) is 3.92. The van der Waals surface area contributed by atoms with Crippen LogP contribution in [0.5, 0.6) is 0 Å². The third-order valence-electron chi connectivity index (χ3n) is 3.89. The van der Waals surface area contributed by atoms with Gasteiger partial charge in [0.1, 0.15) is 0 Å². The molecule has 0 atom stereocenters. The molecular formula is C18H22N3. The standard InChI is InChI=1S/C18H22N3/c1-2-6-16(7-3-1)14-20-18-9-5-4-8-17(18)15-21-12-10-19-11-13-21/h1-9,20H,10-15H2. The smallest absolute Gasteiger partial charge is 0.0400 e. The first-order valence-electron chi connectivity index (χ1n) is 7.63. The fraction of sp³-hybridized carbons (Fsp3) is 0.333. The van der Waals surface area contributed by atoms with Crippen molar-refractivity contribution in [3.63, 3.8) is 0 Å². The van der Waals surface area contributed by atoms with Crippen molar-refractivity contribution in [2.24, 2.45) is 0 Å². The van der Waals surface area contributed by atoms with E-state index in [0.717, 1.165) is 39.3 Å². The number of para-hydroxylation sites is 1. The number of hydrogen-bond donors (Lipinski definition) is 1. The molecule has 1 aliphatic heterocycles. The van der Waals surface area contributed by atoms with E-state index in [1.807, 2.05) is 0 Å². The van der Waals surface area contributed by atoms with E-state index in [1.54, 1.807) is 0 Å². The maximum Gasteiger partial charge on any atom is 0.0400 e. The molecular weight excluding hydrogens is 258 g/mol. The van der Waals surface area contributed by atoms with E-state index in [4.69, 9.17) is 0 Å². The van der Waals surface area contributed by atoms with Crippen molar-refractivity contribution in [3.8, 4) is 0 Å². The minimum absolute atomic E-state index is 0.868. The Bertz CT molecular complexity index is 547. The van der Waals surface area contributed by atoms with Gasteiger partial charge < -0.3 is 5.32 Å². The first kappa shape index (κ1) is 14.1. The maximum atomic E-state index is 4.41. The first-order valence-corrected chi connectivity index (χ1v) is 7.63. The van der Waals surface area contributed by atoms with Crippen LogP contribution in [-0.4, -0.2) is 31.1 Å².